The van der Waals surface area contributed by atoms with E-state index in [-0.39, 0.29) is 11.1 Å². The van der Waals surface area contributed by atoms with Gasteiger partial charge in [-0.25, -0.2) is 4.68 Å². The average molecular weight is 351 g/mol. The SMILES string of the molecule is CC(C)n1nccc1S(=O)(=O)Nc1cccc2c(Cl)ccnc12. The summed E-state index contributed by atoms with van der Waals surface area (Å²) in [6.07, 6.45) is 3.01. The van der Waals surface area contributed by atoms with E-state index in [1.165, 1.54) is 16.9 Å². The molecule has 0 saturated heterocycles. The van der Waals surface area contributed by atoms with Gasteiger partial charge >= 0.3 is 0 Å². The van der Waals surface area contributed by atoms with Crippen LogP contribution in [0.5, 0.6) is 0 Å². The quantitative estimate of drug-likeness (QED) is 0.781. The molecule has 6 nitrogen and oxygen atoms in total. The van der Waals surface area contributed by atoms with Crippen LogP contribution in [0.15, 0.2) is 47.8 Å². The number of halogens is 1. The maximum atomic E-state index is 12.7. The number of hydrogen-bond acceptors (Lipinski definition) is 4. The van der Waals surface area contributed by atoms with Crippen LogP contribution in [-0.2, 0) is 10.0 Å². The molecule has 0 saturated carbocycles. The first-order chi connectivity index (χ1) is 10.9. The first-order valence-corrected chi connectivity index (χ1v) is 8.86. The average Bonchev–Trinajstić information content (AvgIpc) is 2.99. The Morgan fingerprint density at radius 3 is 2.70 bits per heavy atom. The summed E-state index contributed by atoms with van der Waals surface area (Å²) in [4.78, 5) is 4.23. The van der Waals surface area contributed by atoms with Crippen LogP contribution in [0, 0.1) is 0 Å². The number of sulfonamides is 1. The van der Waals surface area contributed by atoms with Crippen LogP contribution in [0.3, 0.4) is 0 Å². The summed E-state index contributed by atoms with van der Waals surface area (Å²) < 4.78 is 29.4. The van der Waals surface area contributed by atoms with Crippen LogP contribution in [0.2, 0.25) is 5.02 Å². The first-order valence-electron chi connectivity index (χ1n) is 7.00. The van der Waals surface area contributed by atoms with Crippen molar-refractivity contribution in [3.8, 4) is 0 Å². The summed E-state index contributed by atoms with van der Waals surface area (Å²) >= 11 is 6.14. The monoisotopic (exact) mass is 350 g/mol. The number of nitrogens with one attached hydrogen (secondary N) is 1. The molecular formula is C15H15ClN4O2S. The lowest BCUT2D eigenvalue weighted by atomic mass is 10.2. The van der Waals surface area contributed by atoms with E-state index in [9.17, 15) is 8.42 Å². The van der Waals surface area contributed by atoms with Crippen molar-refractivity contribution in [1.82, 2.24) is 14.8 Å². The fourth-order valence-electron chi connectivity index (χ4n) is 2.32. The molecule has 8 heteroatoms. The molecule has 3 aromatic rings. The second kappa shape index (κ2) is 5.82. The van der Waals surface area contributed by atoms with E-state index in [0.29, 0.717) is 21.6 Å². The van der Waals surface area contributed by atoms with Gasteiger partial charge in [0.15, 0.2) is 5.03 Å². The number of fused-ring (bicyclic) bond motifs is 1. The smallest absolute Gasteiger partial charge is 0.276 e. The molecule has 0 spiro atoms. The van der Waals surface area contributed by atoms with E-state index in [4.69, 9.17) is 11.6 Å². The molecule has 0 fully saturated rings. The fourth-order valence-corrected chi connectivity index (χ4v) is 3.84. The zero-order valence-corrected chi connectivity index (χ0v) is 14.1. The Kier molecular flexibility index (Phi) is 3.99. The largest absolute Gasteiger partial charge is 0.279 e. The Morgan fingerprint density at radius 1 is 1.17 bits per heavy atom. The van der Waals surface area contributed by atoms with Crippen LogP contribution in [0.4, 0.5) is 5.69 Å². The predicted molar refractivity (Wildman–Crippen MR) is 90.2 cm³/mol. The molecule has 2 heterocycles. The van der Waals surface area contributed by atoms with Crippen molar-refractivity contribution in [3.05, 3.63) is 47.7 Å². The highest BCUT2D eigenvalue weighted by molar-refractivity contribution is 7.92. The molecular weight excluding hydrogens is 336 g/mol. The van der Waals surface area contributed by atoms with E-state index in [0.717, 1.165) is 0 Å². The molecule has 120 valence electrons. The van der Waals surface area contributed by atoms with Gasteiger partial charge in [-0.1, -0.05) is 23.7 Å². The number of nitrogens with zero attached hydrogens (tertiary/aromatic N) is 3. The zero-order valence-electron chi connectivity index (χ0n) is 12.6. The van der Waals surface area contributed by atoms with Gasteiger partial charge < -0.3 is 0 Å². The predicted octanol–water partition coefficient (Wildman–Crippen LogP) is 3.47. The maximum Gasteiger partial charge on any atom is 0.279 e. The Morgan fingerprint density at radius 2 is 1.96 bits per heavy atom. The lowest BCUT2D eigenvalue weighted by Crippen LogP contribution is -2.19. The lowest BCUT2D eigenvalue weighted by molar-refractivity contribution is 0.480. The van der Waals surface area contributed by atoms with Crippen molar-refractivity contribution in [3.63, 3.8) is 0 Å². The first kappa shape index (κ1) is 15.8. The number of benzene rings is 1. The fraction of sp³-hybridized carbons (Fsp3) is 0.200. The van der Waals surface area contributed by atoms with Gasteiger partial charge in [-0.3, -0.25) is 9.71 Å². The van der Waals surface area contributed by atoms with Crippen LogP contribution in [0.25, 0.3) is 10.9 Å². The molecule has 0 aliphatic heterocycles. The topological polar surface area (TPSA) is 76.9 Å². The van der Waals surface area contributed by atoms with Crippen LogP contribution in [-0.4, -0.2) is 23.2 Å². The number of rotatable bonds is 4. The van der Waals surface area contributed by atoms with Crippen molar-refractivity contribution in [2.45, 2.75) is 24.9 Å². The van der Waals surface area contributed by atoms with Gasteiger partial charge in [0.25, 0.3) is 10.0 Å². The zero-order chi connectivity index (χ0) is 16.6. The van der Waals surface area contributed by atoms with Gasteiger partial charge in [0.05, 0.1) is 22.4 Å². The molecule has 0 radical (unpaired) electrons. The van der Waals surface area contributed by atoms with Gasteiger partial charge in [0.1, 0.15) is 0 Å². The van der Waals surface area contributed by atoms with E-state index in [2.05, 4.69) is 14.8 Å². The standard InChI is InChI=1S/C15H15ClN4O2S/c1-10(2)20-14(7-9-18-20)23(21,22)19-13-5-3-4-11-12(16)6-8-17-15(11)13/h3-10,19H,1-2H3. The molecule has 0 unspecified atom stereocenters. The maximum absolute atomic E-state index is 12.7. The third-order valence-corrected chi connectivity index (χ3v) is 5.05. The number of para-hydroxylation sites is 1. The Balaban J connectivity index is 2.08. The number of aromatic nitrogens is 3. The van der Waals surface area contributed by atoms with Crippen LogP contribution >= 0.6 is 11.6 Å². The molecule has 1 N–H and O–H groups in total. The Labute approximate surface area is 139 Å². The summed E-state index contributed by atoms with van der Waals surface area (Å²) in [6, 6.07) is 8.23. The van der Waals surface area contributed by atoms with Crippen molar-refractivity contribution < 1.29 is 8.42 Å². The van der Waals surface area contributed by atoms with Gasteiger partial charge in [0.2, 0.25) is 0 Å². The second-order valence-corrected chi connectivity index (χ2v) is 7.34. The van der Waals surface area contributed by atoms with E-state index >= 15 is 0 Å². The summed E-state index contributed by atoms with van der Waals surface area (Å²) in [6.45, 7) is 3.73. The van der Waals surface area contributed by atoms with Gasteiger partial charge in [0, 0.05) is 17.6 Å². The Hall–Kier alpha value is -2.12. The molecule has 0 atom stereocenters. The number of pyridine rings is 1. The molecule has 0 bridgehead atoms. The van der Waals surface area contributed by atoms with Crippen molar-refractivity contribution in [2.75, 3.05) is 4.72 Å². The highest BCUT2D eigenvalue weighted by Gasteiger charge is 2.22. The molecule has 0 aliphatic rings. The van der Waals surface area contributed by atoms with Crippen LogP contribution in [0.1, 0.15) is 19.9 Å². The highest BCUT2D eigenvalue weighted by atomic mass is 35.5. The highest BCUT2D eigenvalue weighted by Crippen LogP contribution is 2.28. The van der Waals surface area contributed by atoms with Gasteiger partial charge in [-0.2, -0.15) is 13.5 Å². The minimum absolute atomic E-state index is 0.0725. The molecule has 0 aliphatic carbocycles. The van der Waals surface area contributed by atoms with E-state index in [1.54, 1.807) is 30.5 Å². The van der Waals surface area contributed by atoms with E-state index in [1.807, 2.05) is 13.8 Å². The minimum Gasteiger partial charge on any atom is -0.276 e. The number of hydrogen-bond donors (Lipinski definition) is 1. The molecule has 23 heavy (non-hydrogen) atoms. The van der Waals surface area contributed by atoms with Gasteiger partial charge in [-0.15, -0.1) is 0 Å². The normalized spacial score (nSPS) is 12.0. The third kappa shape index (κ3) is 2.89. The lowest BCUT2D eigenvalue weighted by Gasteiger charge is -2.14. The summed E-state index contributed by atoms with van der Waals surface area (Å²) in [5.41, 5.74) is 0.876. The summed E-state index contributed by atoms with van der Waals surface area (Å²) in [5.74, 6) is 0. The minimum atomic E-state index is -3.78. The van der Waals surface area contributed by atoms with Crippen molar-refractivity contribution in [1.29, 1.82) is 0 Å². The van der Waals surface area contributed by atoms with Crippen LogP contribution < -0.4 is 4.72 Å². The summed E-state index contributed by atoms with van der Waals surface area (Å²) in [5, 5.41) is 5.37. The van der Waals surface area contributed by atoms with Crippen molar-refractivity contribution in [2.24, 2.45) is 0 Å². The third-order valence-electron chi connectivity index (χ3n) is 3.36. The van der Waals surface area contributed by atoms with Crippen molar-refractivity contribution >= 4 is 38.2 Å². The van der Waals surface area contributed by atoms with E-state index < -0.39 is 10.0 Å². The Bertz CT molecular complexity index is 967. The number of anilines is 1. The molecule has 2 aromatic heterocycles. The summed E-state index contributed by atoms with van der Waals surface area (Å²) in [7, 11) is -3.78. The molecule has 1 aromatic carbocycles. The molecule has 3 rings (SSSR count). The second-order valence-electron chi connectivity index (χ2n) is 5.31. The molecule has 0 amide bonds. The van der Waals surface area contributed by atoms with Gasteiger partial charge in [-0.05, 0) is 32.0 Å².